The van der Waals surface area contributed by atoms with Gasteiger partial charge in [-0.1, -0.05) is 6.92 Å². The maximum atomic E-state index is 11.7. The van der Waals surface area contributed by atoms with Crippen LogP contribution in [0.15, 0.2) is 26.7 Å². The van der Waals surface area contributed by atoms with Gasteiger partial charge in [0, 0.05) is 6.54 Å². The lowest BCUT2D eigenvalue weighted by molar-refractivity contribution is -0.117. The summed E-state index contributed by atoms with van der Waals surface area (Å²) in [6, 6.07) is 5.13. The Morgan fingerprint density at radius 2 is 2.05 bits per heavy atom. The fourth-order valence-electron chi connectivity index (χ4n) is 1.32. The van der Waals surface area contributed by atoms with Gasteiger partial charge in [0.25, 0.3) is 5.91 Å². The molecule has 4 nitrogen and oxygen atoms in total. The molecule has 0 fully saturated rings. The maximum absolute atomic E-state index is 11.7. The van der Waals surface area contributed by atoms with Gasteiger partial charge in [0.05, 0.1) is 8.95 Å². The molecule has 0 aromatic heterocycles. The Bertz CT molecular complexity index is 539. The Kier molecular flexibility index (Phi) is 6.06. The van der Waals surface area contributed by atoms with E-state index in [1.54, 1.807) is 12.1 Å². The van der Waals surface area contributed by atoms with Crippen LogP contribution < -0.4 is 5.32 Å². The summed E-state index contributed by atoms with van der Waals surface area (Å²) in [4.78, 5) is 11.7. The predicted molar refractivity (Wildman–Crippen MR) is 80.4 cm³/mol. The lowest BCUT2D eigenvalue weighted by Crippen LogP contribution is -2.25. The van der Waals surface area contributed by atoms with E-state index in [1.807, 2.05) is 13.0 Å². The summed E-state index contributed by atoms with van der Waals surface area (Å²) in [6.45, 7) is 2.46. The molecule has 0 saturated heterocycles. The average molecular weight is 388 g/mol. The summed E-state index contributed by atoms with van der Waals surface area (Å²) in [7, 11) is 0. The molecule has 19 heavy (non-hydrogen) atoms. The number of rotatable bonds is 4. The zero-order valence-electron chi connectivity index (χ0n) is 10.2. The fraction of sp³-hybridized carbons (Fsp3) is 0.231. The Balaban J connectivity index is 3.05. The second kappa shape index (κ2) is 7.31. The van der Waals surface area contributed by atoms with Crippen LogP contribution in [0.25, 0.3) is 6.08 Å². The van der Waals surface area contributed by atoms with Crippen LogP contribution in [0.5, 0.6) is 5.75 Å². The molecule has 0 spiro atoms. The molecular formula is C13H12Br2N2O2. The molecule has 2 N–H and O–H groups in total. The molecule has 1 aromatic rings. The van der Waals surface area contributed by atoms with E-state index in [1.165, 1.54) is 6.08 Å². The van der Waals surface area contributed by atoms with Gasteiger partial charge in [-0.05, 0) is 62.1 Å². The van der Waals surface area contributed by atoms with Gasteiger partial charge in [0.1, 0.15) is 17.4 Å². The van der Waals surface area contributed by atoms with E-state index < -0.39 is 5.91 Å². The highest BCUT2D eigenvalue weighted by atomic mass is 79.9. The molecule has 0 radical (unpaired) electrons. The summed E-state index contributed by atoms with van der Waals surface area (Å²) in [5, 5.41) is 21.2. The molecule has 0 aliphatic carbocycles. The van der Waals surface area contributed by atoms with Gasteiger partial charge in [-0.15, -0.1) is 0 Å². The van der Waals surface area contributed by atoms with Crippen molar-refractivity contribution in [2.75, 3.05) is 6.54 Å². The normalized spacial score (nSPS) is 10.9. The third kappa shape index (κ3) is 4.37. The van der Waals surface area contributed by atoms with Crippen molar-refractivity contribution in [3.8, 4) is 11.8 Å². The molecule has 0 unspecified atom stereocenters. The number of nitrogens with zero attached hydrogens (tertiary/aromatic N) is 1. The van der Waals surface area contributed by atoms with E-state index in [-0.39, 0.29) is 11.3 Å². The monoisotopic (exact) mass is 386 g/mol. The quantitative estimate of drug-likeness (QED) is 0.614. The standard InChI is InChI=1S/C13H12Br2N2O2/c1-2-3-17-13(19)9(7-16)4-8-5-10(14)12(18)11(15)6-8/h4-6,18H,2-3H2,1H3,(H,17,19)/b9-4-. The highest BCUT2D eigenvalue weighted by Gasteiger charge is 2.10. The fourth-order valence-corrected chi connectivity index (χ4v) is 2.54. The van der Waals surface area contributed by atoms with Crippen molar-refractivity contribution < 1.29 is 9.90 Å². The van der Waals surface area contributed by atoms with Crippen LogP contribution in [0.4, 0.5) is 0 Å². The Labute approximate surface area is 128 Å². The molecule has 100 valence electrons. The van der Waals surface area contributed by atoms with Crippen molar-refractivity contribution in [3.05, 3.63) is 32.2 Å². The number of phenolic OH excluding ortho intramolecular Hbond substituents is 1. The Morgan fingerprint density at radius 3 is 2.53 bits per heavy atom. The van der Waals surface area contributed by atoms with E-state index in [2.05, 4.69) is 37.2 Å². The number of carbonyl (C=O) groups excluding carboxylic acids is 1. The first-order chi connectivity index (χ1) is 8.99. The molecule has 1 amide bonds. The number of benzene rings is 1. The number of hydrogen-bond donors (Lipinski definition) is 2. The zero-order valence-corrected chi connectivity index (χ0v) is 13.4. The molecule has 0 atom stereocenters. The van der Waals surface area contributed by atoms with Crippen LogP contribution in [0.2, 0.25) is 0 Å². The molecule has 0 bridgehead atoms. The second-order valence-corrected chi connectivity index (χ2v) is 5.47. The van der Waals surface area contributed by atoms with Crippen molar-refractivity contribution in [1.29, 1.82) is 5.26 Å². The van der Waals surface area contributed by atoms with Crippen LogP contribution in [-0.2, 0) is 4.79 Å². The van der Waals surface area contributed by atoms with Crippen LogP contribution >= 0.6 is 31.9 Å². The third-order valence-electron chi connectivity index (χ3n) is 2.25. The minimum atomic E-state index is -0.398. The van der Waals surface area contributed by atoms with Gasteiger partial charge in [0.15, 0.2) is 0 Å². The molecule has 1 rings (SSSR count). The first-order valence-electron chi connectivity index (χ1n) is 5.57. The lowest BCUT2D eigenvalue weighted by Gasteiger charge is -2.04. The van der Waals surface area contributed by atoms with E-state index in [9.17, 15) is 9.90 Å². The van der Waals surface area contributed by atoms with Gasteiger partial charge in [-0.3, -0.25) is 4.79 Å². The number of aromatic hydroxyl groups is 1. The molecule has 0 aliphatic rings. The topological polar surface area (TPSA) is 73.1 Å². The summed E-state index contributed by atoms with van der Waals surface area (Å²) in [5.41, 5.74) is 0.665. The summed E-state index contributed by atoms with van der Waals surface area (Å²) in [6.07, 6.45) is 2.28. The summed E-state index contributed by atoms with van der Waals surface area (Å²) >= 11 is 6.39. The number of carbonyl (C=O) groups is 1. The molecule has 0 saturated carbocycles. The van der Waals surface area contributed by atoms with Gasteiger partial charge in [0.2, 0.25) is 0 Å². The van der Waals surface area contributed by atoms with Crippen LogP contribution in [-0.4, -0.2) is 17.6 Å². The van der Waals surface area contributed by atoms with E-state index in [0.29, 0.717) is 21.1 Å². The molecule has 0 aliphatic heterocycles. The number of amides is 1. The smallest absolute Gasteiger partial charge is 0.261 e. The molecule has 1 aromatic carbocycles. The molecule has 0 heterocycles. The number of phenols is 1. The largest absolute Gasteiger partial charge is 0.506 e. The minimum Gasteiger partial charge on any atom is -0.506 e. The second-order valence-electron chi connectivity index (χ2n) is 3.76. The average Bonchev–Trinajstić information content (AvgIpc) is 2.39. The number of nitrogens with one attached hydrogen (secondary N) is 1. The van der Waals surface area contributed by atoms with Gasteiger partial charge >= 0.3 is 0 Å². The van der Waals surface area contributed by atoms with Crippen molar-refractivity contribution >= 4 is 43.8 Å². The van der Waals surface area contributed by atoms with Gasteiger partial charge in [-0.2, -0.15) is 5.26 Å². The van der Waals surface area contributed by atoms with Crippen molar-refractivity contribution in [3.63, 3.8) is 0 Å². The number of nitriles is 1. The summed E-state index contributed by atoms with van der Waals surface area (Å²) in [5.74, 6) is -0.323. The van der Waals surface area contributed by atoms with Crippen LogP contribution in [0.3, 0.4) is 0 Å². The maximum Gasteiger partial charge on any atom is 0.261 e. The first kappa shape index (κ1) is 15.7. The Hall–Kier alpha value is -1.32. The minimum absolute atomic E-state index is 0.0259. The van der Waals surface area contributed by atoms with Crippen LogP contribution in [0.1, 0.15) is 18.9 Å². The lowest BCUT2D eigenvalue weighted by atomic mass is 10.1. The van der Waals surface area contributed by atoms with E-state index in [4.69, 9.17) is 5.26 Å². The zero-order chi connectivity index (χ0) is 14.4. The SMILES string of the molecule is CCCNC(=O)/C(C#N)=C\c1cc(Br)c(O)c(Br)c1. The highest BCUT2D eigenvalue weighted by molar-refractivity contribution is 9.11. The van der Waals surface area contributed by atoms with Crippen molar-refractivity contribution in [2.45, 2.75) is 13.3 Å². The van der Waals surface area contributed by atoms with E-state index >= 15 is 0 Å². The highest BCUT2D eigenvalue weighted by Crippen LogP contribution is 2.33. The number of halogens is 2. The van der Waals surface area contributed by atoms with Crippen molar-refractivity contribution in [1.82, 2.24) is 5.32 Å². The third-order valence-corrected chi connectivity index (χ3v) is 3.46. The molecular weight excluding hydrogens is 376 g/mol. The predicted octanol–water partition coefficient (Wildman–Crippen LogP) is 3.35. The Morgan fingerprint density at radius 1 is 1.47 bits per heavy atom. The number of hydrogen-bond acceptors (Lipinski definition) is 3. The first-order valence-corrected chi connectivity index (χ1v) is 7.16. The van der Waals surface area contributed by atoms with E-state index in [0.717, 1.165) is 6.42 Å². The van der Waals surface area contributed by atoms with Crippen molar-refractivity contribution in [2.24, 2.45) is 0 Å². The van der Waals surface area contributed by atoms with Gasteiger partial charge in [-0.25, -0.2) is 0 Å². The van der Waals surface area contributed by atoms with Gasteiger partial charge < -0.3 is 10.4 Å². The molecule has 6 heteroatoms. The summed E-state index contributed by atoms with van der Waals surface area (Å²) < 4.78 is 0.971. The van der Waals surface area contributed by atoms with Crippen LogP contribution in [0, 0.1) is 11.3 Å².